The van der Waals surface area contributed by atoms with Crippen LogP contribution in [0.3, 0.4) is 0 Å². The molecule has 2 aromatic carbocycles. The number of Topliss-reactive ketones (excluding diaryl/α,β-unsaturated/α-hetero) is 1. The van der Waals surface area contributed by atoms with Gasteiger partial charge in [0.15, 0.2) is 28.8 Å². The molecule has 0 atom stereocenters. The minimum Gasteiger partial charge on any atom is -0.493 e. The first kappa shape index (κ1) is 27.4. The van der Waals surface area contributed by atoms with Crippen molar-refractivity contribution >= 4 is 5.78 Å². The molecule has 6 heteroatoms. The number of hydrogen-bond donors (Lipinski definition) is 0. The van der Waals surface area contributed by atoms with Gasteiger partial charge in [-0.25, -0.2) is 0 Å². The Morgan fingerprint density at radius 2 is 1.32 bits per heavy atom. The molecule has 0 fully saturated rings. The van der Waals surface area contributed by atoms with Crippen molar-refractivity contribution < 1.29 is 28.5 Å². The highest BCUT2D eigenvalue weighted by atomic mass is 16.5. The van der Waals surface area contributed by atoms with E-state index in [0.717, 1.165) is 5.56 Å². The summed E-state index contributed by atoms with van der Waals surface area (Å²) in [5, 5.41) is 0. The molecule has 0 radical (unpaired) electrons. The quantitative estimate of drug-likeness (QED) is 0.304. The topological polar surface area (TPSA) is 63.2 Å². The average molecular weight is 473 g/mol. The molecule has 0 saturated carbocycles. The first-order valence-corrected chi connectivity index (χ1v) is 12.1. The van der Waals surface area contributed by atoms with E-state index in [1.165, 1.54) is 0 Å². The van der Waals surface area contributed by atoms with Crippen molar-refractivity contribution in [2.75, 3.05) is 7.11 Å². The van der Waals surface area contributed by atoms with Crippen molar-refractivity contribution in [1.29, 1.82) is 0 Å². The van der Waals surface area contributed by atoms with Crippen molar-refractivity contribution in [3.05, 3.63) is 41.5 Å². The molecule has 34 heavy (non-hydrogen) atoms. The molecule has 0 bridgehead atoms. The highest BCUT2D eigenvalue weighted by molar-refractivity contribution is 5.99. The second-order valence-corrected chi connectivity index (χ2v) is 9.34. The van der Waals surface area contributed by atoms with Crippen LogP contribution in [0, 0.1) is 0 Å². The van der Waals surface area contributed by atoms with Crippen LogP contribution in [0.5, 0.6) is 28.7 Å². The predicted molar refractivity (Wildman–Crippen MR) is 135 cm³/mol. The maximum absolute atomic E-state index is 13.4. The number of carbonyl (C=O) groups is 1. The van der Waals surface area contributed by atoms with E-state index in [9.17, 15) is 4.79 Å². The normalized spacial score (nSPS) is 11.3. The molecule has 0 N–H and O–H groups in total. The van der Waals surface area contributed by atoms with Gasteiger partial charge >= 0.3 is 0 Å². The third-order valence-corrected chi connectivity index (χ3v) is 4.67. The number of ketones is 1. The van der Waals surface area contributed by atoms with Crippen LogP contribution < -0.4 is 23.7 Å². The van der Waals surface area contributed by atoms with E-state index in [0.29, 0.717) is 40.7 Å². The van der Waals surface area contributed by atoms with Gasteiger partial charge in [0.05, 0.1) is 37.1 Å². The summed E-state index contributed by atoms with van der Waals surface area (Å²) < 4.78 is 29.5. The minimum absolute atomic E-state index is 0.00972. The zero-order valence-corrected chi connectivity index (χ0v) is 22.1. The van der Waals surface area contributed by atoms with Crippen LogP contribution in [-0.4, -0.2) is 37.3 Å². The Kier molecular flexibility index (Phi) is 10.1. The lowest BCUT2D eigenvalue weighted by molar-refractivity contribution is 0.0974. The fourth-order valence-corrected chi connectivity index (χ4v) is 3.50. The summed E-state index contributed by atoms with van der Waals surface area (Å²) in [6.07, 6.45) is 0.563. The lowest BCUT2D eigenvalue weighted by Gasteiger charge is -2.21. The summed E-state index contributed by atoms with van der Waals surface area (Å²) in [4.78, 5) is 13.4. The molecule has 0 unspecified atom stereocenters. The van der Waals surface area contributed by atoms with Gasteiger partial charge in [0.25, 0.3) is 0 Å². The van der Waals surface area contributed by atoms with Gasteiger partial charge in [-0.15, -0.1) is 0 Å². The number of carbonyl (C=O) groups excluding carboxylic acids is 1. The van der Waals surface area contributed by atoms with Gasteiger partial charge < -0.3 is 23.7 Å². The summed E-state index contributed by atoms with van der Waals surface area (Å²) >= 11 is 0. The molecule has 0 saturated heterocycles. The Hall–Kier alpha value is -2.89. The van der Waals surface area contributed by atoms with Crippen molar-refractivity contribution in [2.45, 2.75) is 92.6 Å². The maximum Gasteiger partial charge on any atom is 0.172 e. The molecule has 6 nitrogen and oxygen atoms in total. The Morgan fingerprint density at radius 3 is 1.88 bits per heavy atom. The minimum atomic E-state index is -0.0939. The van der Waals surface area contributed by atoms with E-state index >= 15 is 0 Å². The molecule has 2 rings (SSSR count). The van der Waals surface area contributed by atoms with E-state index in [4.69, 9.17) is 23.7 Å². The van der Waals surface area contributed by atoms with E-state index < -0.39 is 0 Å². The number of para-hydroxylation sites is 1. The second-order valence-electron chi connectivity index (χ2n) is 9.34. The lowest BCUT2D eigenvalue weighted by atomic mass is 10.00. The standard InChI is InChI=1S/C28H40O6/c1-17(2)31-22-15-21(27(33-19(5)6)26(16-22)30-9)13-14-24(29)23-11-10-12-25(32-18(3)4)28(23)34-20(7)8/h10-12,15-20H,13-14H2,1-9H3. The van der Waals surface area contributed by atoms with Crippen LogP contribution in [0.1, 0.15) is 77.7 Å². The van der Waals surface area contributed by atoms with Crippen molar-refractivity contribution in [2.24, 2.45) is 0 Å². The van der Waals surface area contributed by atoms with Crippen molar-refractivity contribution in [3.8, 4) is 28.7 Å². The fourth-order valence-electron chi connectivity index (χ4n) is 3.50. The van der Waals surface area contributed by atoms with Crippen LogP contribution in [0.2, 0.25) is 0 Å². The molecule has 0 aromatic heterocycles. The van der Waals surface area contributed by atoms with Gasteiger partial charge in [0, 0.05) is 18.1 Å². The summed E-state index contributed by atoms with van der Waals surface area (Å²) in [5.41, 5.74) is 1.37. The summed E-state index contributed by atoms with van der Waals surface area (Å²) in [5.74, 6) is 2.94. The van der Waals surface area contributed by atoms with Gasteiger partial charge in [-0.05, 0) is 80.0 Å². The Labute approximate surface area is 204 Å². The summed E-state index contributed by atoms with van der Waals surface area (Å²) in [6, 6.07) is 9.20. The third-order valence-electron chi connectivity index (χ3n) is 4.67. The highest BCUT2D eigenvalue weighted by Crippen LogP contribution is 2.39. The van der Waals surface area contributed by atoms with Gasteiger partial charge in [-0.1, -0.05) is 6.07 Å². The molecule has 0 aliphatic heterocycles. The smallest absolute Gasteiger partial charge is 0.172 e. The number of aryl methyl sites for hydroxylation is 1. The predicted octanol–water partition coefficient (Wildman–Crippen LogP) is 6.66. The Bertz CT molecular complexity index is 946. The van der Waals surface area contributed by atoms with Gasteiger partial charge in [-0.2, -0.15) is 0 Å². The fraction of sp³-hybridized carbons (Fsp3) is 0.536. The highest BCUT2D eigenvalue weighted by Gasteiger charge is 2.21. The summed E-state index contributed by atoms with van der Waals surface area (Å²) in [7, 11) is 1.60. The van der Waals surface area contributed by atoms with Crippen LogP contribution in [0.4, 0.5) is 0 Å². The lowest BCUT2D eigenvalue weighted by Crippen LogP contribution is -2.14. The first-order valence-electron chi connectivity index (χ1n) is 12.1. The van der Waals surface area contributed by atoms with Crippen LogP contribution in [0.25, 0.3) is 0 Å². The average Bonchev–Trinajstić information content (AvgIpc) is 2.72. The van der Waals surface area contributed by atoms with E-state index in [1.54, 1.807) is 13.2 Å². The third kappa shape index (κ3) is 7.86. The second kappa shape index (κ2) is 12.5. The maximum atomic E-state index is 13.4. The first-order chi connectivity index (χ1) is 16.0. The zero-order valence-electron chi connectivity index (χ0n) is 22.1. The molecule has 0 heterocycles. The molecule has 0 amide bonds. The van der Waals surface area contributed by atoms with E-state index in [2.05, 4.69) is 0 Å². The molecule has 188 valence electrons. The van der Waals surface area contributed by atoms with Gasteiger partial charge in [0.2, 0.25) is 0 Å². The van der Waals surface area contributed by atoms with E-state index in [1.807, 2.05) is 79.7 Å². The SMILES string of the molecule is COc1cc(OC(C)C)cc(CCC(=O)c2cccc(OC(C)C)c2OC(C)C)c1OC(C)C. The molecular formula is C28H40O6. The molecular weight excluding hydrogens is 432 g/mol. The van der Waals surface area contributed by atoms with Crippen LogP contribution >= 0.6 is 0 Å². The summed E-state index contributed by atoms with van der Waals surface area (Å²) in [6.45, 7) is 15.6. The van der Waals surface area contributed by atoms with E-state index in [-0.39, 0.29) is 36.6 Å². The van der Waals surface area contributed by atoms with Gasteiger partial charge in [0.1, 0.15) is 5.75 Å². The molecule has 0 aliphatic carbocycles. The monoisotopic (exact) mass is 472 g/mol. The molecule has 0 spiro atoms. The number of benzene rings is 2. The Balaban J connectivity index is 2.39. The molecule has 2 aromatic rings. The van der Waals surface area contributed by atoms with Crippen LogP contribution in [0.15, 0.2) is 30.3 Å². The largest absolute Gasteiger partial charge is 0.493 e. The molecule has 0 aliphatic rings. The number of ether oxygens (including phenoxy) is 5. The number of rotatable bonds is 13. The van der Waals surface area contributed by atoms with Crippen LogP contribution in [-0.2, 0) is 6.42 Å². The van der Waals surface area contributed by atoms with Gasteiger partial charge in [-0.3, -0.25) is 4.79 Å². The number of methoxy groups -OCH3 is 1. The zero-order chi connectivity index (χ0) is 25.4. The van der Waals surface area contributed by atoms with Crippen molar-refractivity contribution in [3.63, 3.8) is 0 Å². The number of hydrogen-bond acceptors (Lipinski definition) is 6. The Morgan fingerprint density at radius 1 is 0.735 bits per heavy atom. The van der Waals surface area contributed by atoms with Crippen molar-refractivity contribution in [1.82, 2.24) is 0 Å².